The van der Waals surface area contributed by atoms with E-state index in [1.165, 1.54) is 0 Å². The number of ether oxygens (including phenoxy) is 2. The molecule has 0 radical (unpaired) electrons. The number of carbonyl (C=O) groups is 1. The lowest BCUT2D eigenvalue weighted by molar-refractivity contribution is -0.122. The van der Waals surface area contributed by atoms with Crippen molar-refractivity contribution in [3.8, 4) is 11.8 Å². The normalized spacial score (nSPS) is 22.8. The van der Waals surface area contributed by atoms with Crippen LogP contribution in [0, 0.1) is 12.8 Å². The van der Waals surface area contributed by atoms with Gasteiger partial charge in [-0.1, -0.05) is 6.07 Å². The molecule has 204 valence electrons. The van der Waals surface area contributed by atoms with Gasteiger partial charge in [-0.15, -0.1) is 0 Å². The summed E-state index contributed by atoms with van der Waals surface area (Å²) in [4.78, 5) is 19.0. The van der Waals surface area contributed by atoms with E-state index in [2.05, 4.69) is 15.0 Å². The Hall–Kier alpha value is -2.62. The zero-order valence-electron chi connectivity index (χ0n) is 21.6. The van der Waals surface area contributed by atoms with E-state index in [4.69, 9.17) is 14.0 Å². The number of rotatable bonds is 11. The van der Waals surface area contributed by atoms with Gasteiger partial charge in [-0.3, -0.25) is 4.79 Å². The molecule has 3 heterocycles. The summed E-state index contributed by atoms with van der Waals surface area (Å²) in [6.45, 7) is 4.03. The molecule has 0 N–H and O–H groups in total. The zero-order chi connectivity index (χ0) is 26.5. The summed E-state index contributed by atoms with van der Waals surface area (Å²) in [6.07, 6.45) is 4.64. The van der Waals surface area contributed by atoms with Gasteiger partial charge in [0.05, 0.1) is 0 Å². The highest BCUT2D eigenvalue weighted by atomic mass is 19.3. The molecule has 2 aliphatic rings. The van der Waals surface area contributed by atoms with Crippen LogP contribution in [0.1, 0.15) is 62.5 Å². The number of carbonyl (C=O) groups excluding carboxylic acids is 1. The lowest BCUT2D eigenvalue weighted by Crippen LogP contribution is -2.36. The molecule has 10 heteroatoms. The Bertz CT molecular complexity index is 1050. The highest BCUT2D eigenvalue weighted by Crippen LogP contribution is 2.39. The molecule has 0 unspecified atom stereocenters. The van der Waals surface area contributed by atoms with E-state index in [1.807, 2.05) is 6.07 Å². The molecular weight excluding hydrogens is 487 g/mol. The largest absolute Gasteiger partial charge is 0.471 e. The lowest BCUT2D eigenvalue weighted by atomic mass is 9.76. The van der Waals surface area contributed by atoms with Gasteiger partial charge in [0.25, 0.3) is 11.8 Å². The first-order valence-corrected chi connectivity index (χ1v) is 13.1. The molecule has 1 fully saturated rings. The molecule has 0 aromatic carbocycles. The van der Waals surface area contributed by atoms with Gasteiger partial charge in [0, 0.05) is 57.2 Å². The van der Waals surface area contributed by atoms with Gasteiger partial charge in [0.1, 0.15) is 18.0 Å². The molecule has 7 nitrogen and oxygen atoms in total. The van der Waals surface area contributed by atoms with Gasteiger partial charge >= 0.3 is 0 Å². The molecule has 0 atom stereocenters. The minimum absolute atomic E-state index is 0.00767. The fourth-order valence-electron chi connectivity index (χ4n) is 5.07. The van der Waals surface area contributed by atoms with E-state index in [0.29, 0.717) is 63.1 Å². The molecule has 0 amide bonds. The number of alkyl halides is 3. The number of ketones is 1. The van der Waals surface area contributed by atoms with Gasteiger partial charge in [0.2, 0.25) is 5.88 Å². The average molecular weight is 524 g/mol. The Morgan fingerprint density at radius 1 is 1.19 bits per heavy atom. The third-order valence-electron chi connectivity index (χ3n) is 7.26. The Morgan fingerprint density at radius 2 is 1.95 bits per heavy atom. The molecule has 0 bridgehead atoms. The van der Waals surface area contributed by atoms with Crippen LogP contribution in [0.25, 0.3) is 0 Å². The smallest absolute Gasteiger partial charge is 0.278 e. The van der Waals surface area contributed by atoms with Crippen molar-refractivity contribution in [2.75, 3.05) is 32.8 Å². The number of pyridine rings is 1. The molecule has 1 saturated carbocycles. The van der Waals surface area contributed by atoms with E-state index in [9.17, 15) is 13.6 Å². The second-order valence-corrected chi connectivity index (χ2v) is 10.6. The number of hydrogen-bond acceptors (Lipinski definition) is 7. The van der Waals surface area contributed by atoms with Gasteiger partial charge < -0.3 is 18.9 Å². The topological polar surface area (TPSA) is 77.7 Å². The average Bonchev–Trinajstić information content (AvgIpc) is 3.16. The third-order valence-corrected chi connectivity index (χ3v) is 7.26. The van der Waals surface area contributed by atoms with Gasteiger partial charge in [-0.05, 0) is 62.1 Å². The van der Waals surface area contributed by atoms with E-state index in [-0.39, 0.29) is 24.2 Å². The van der Waals surface area contributed by atoms with Crippen molar-refractivity contribution in [3.63, 3.8) is 0 Å². The Labute approximate surface area is 215 Å². The molecule has 0 saturated heterocycles. The standard InChI is InChI=1S/C27H36F3N3O4/c1-19-15-25(32-37-19)35-17-22(34)16-20-5-9-27(30,10-6-20)11-14-33-12-7-21-3-4-24(31-23(21)8-13-33)36-18-26(2,28)29/h3-4,15,20H,5-14,16-18H2,1-2H3. The Morgan fingerprint density at radius 3 is 2.65 bits per heavy atom. The summed E-state index contributed by atoms with van der Waals surface area (Å²) in [5, 5.41) is 3.71. The van der Waals surface area contributed by atoms with Gasteiger partial charge in [-0.2, -0.15) is 0 Å². The molecular formula is C27H36F3N3O4. The Balaban J connectivity index is 1.17. The maximum Gasteiger partial charge on any atom is 0.278 e. The minimum Gasteiger partial charge on any atom is -0.471 e. The first-order valence-electron chi connectivity index (χ1n) is 13.1. The van der Waals surface area contributed by atoms with Crippen LogP contribution >= 0.6 is 0 Å². The monoisotopic (exact) mass is 523 g/mol. The van der Waals surface area contributed by atoms with Crippen molar-refractivity contribution >= 4 is 5.78 Å². The maximum absolute atomic E-state index is 15.6. The maximum atomic E-state index is 15.6. The lowest BCUT2D eigenvalue weighted by Gasteiger charge is -2.35. The number of fused-ring (bicyclic) bond motifs is 1. The van der Waals surface area contributed by atoms with Crippen LogP contribution in [0.4, 0.5) is 13.2 Å². The van der Waals surface area contributed by atoms with Crippen LogP contribution in [-0.2, 0) is 17.6 Å². The SMILES string of the molecule is Cc1cc(OCC(=O)CC2CCC(F)(CCN3CCc4ccc(OCC(C)(F)F)nc4CC3)CC2)no1. The van der Waals surface area contributed by atoms with Crippen LogP contribution < -0.4 is 9.47 Å². The van der Waals surface area contributed by atoms with Crippen LogP contribution in [0.2, 0.25) is 0 Å². The van der Waals surface area contributed by atoms with Crippen molar-refractivity contribution in [1.29, 1.82) is 0 Å². The van der Waals surface area contributed by atoms with Crippen molar-refractivity contribution in [2.24, 2.45) is 5.92 Å². The molecule has 37 heavy (non-hydrogen) atoms. The van der Waals surface area contributed by atoms with Gasteiger partial charge in [0.15, 0.2) is 12.4 Å². The van der Waals surface area contributed by atoms with E-state index < -0.39 is 18.2 Å². The number of aryl methyl sites for hydroxylation is 1. The van der Waals surface area contributed by atoms with Crippen molar-refractivity contribution in [1.82, 2.24) is 15.0 Å². The van der Waals surface area contributed by atoms with Crippen molar-refractivity contribution < 1.29 is 32.0 Å². The Kier molecular flexibility index (Phi) is 8.77. The molecule has 1 aliphatic heterocycles. The predicted molar refractivity (Wildman–Crippen MR) is 131 cm³/mol. The quantitative estimate of drug-likeness (QED) is 0.404. The molecule has 2 aromatic heterocycles. The summed E-state index contributed by atoms with van der Waals surface area (Å²) in [5.74, 6) is -1.59. The van der Waals surface area contributed by atoms with Crippen molar-refractivity contribution in [2.45, 2.75) is 76.8 Å². The summed E-state index contributed by atoms with van der Waals surface area (Å²) in [7, 11) is 0. The number of halogens is 3. The number of Topliss-reactive ketones (excluding diaryl/α,β-unsaturated/α-hetero) is 1. The van der Waals surface area contributed by atoms with Crippen LogP contribution in [0.5, 0.6) is 11.8 Å². The van der Waals surface area contributed by atoms with Gasteiger partial charge in [-0.25, -0.2) is 18.2 Å². The number of aromatic nitrogens is 2. The first kappa shape index (κ1) is 27.4. The first-order chi connectivity index (χ1) is 17.6. The van der Waals surface area contributed by atoms with Crippen LogP contribution in [0.15, 0.2) is 22.7 Å². The van der Waals surface area contributed by atoms with E-state index in [1.54, 1.807) is 19.1 Å². The zero-order valence-corrected chi connectivity index (χ0v) is 21.6. The van der Waals surface area contributed by atoms with Crippen LogP contribution in [0.3, 0.4) is 0 Å². The van der Waals surface area contributed by atoms with Crippen molar-refractivity contribution in [3.05, 3.63) is 35.2 Å². The molecule has 4 rings (SSSR count). The highest BCUT2D eigenvalue weighted by Gasteiger charge is 2.36. The minimum atomic E-state index is -2.91. The second kappa shape index (κ2) is 11.8. The fraction of sp³-hybridized carbons (Fsp3) is 0.667. The van der Waals surface area contributed by atoms with E-state index in [0.717, 1.165) is 37.7 Å². The fourth-order valence-corrected chi connectivity index (χ4v) is 5.07. The summed E-state index contributed by atoms with van der Waals surface area (Å²) >= 11 is 0. The molecule has 2 aromatic rings. The number of nitrogens with zero attached hydrogens (tertiary/aromatic N) is 3. The van der Waals surface area contributed by atoms with E-state index >= 15 is 4.39 Å². The molecule has 0 spiro atoms. The number of hydrogen-bond donors (Lipinski definition) is 0. The summed E-state index contributed by atoms with van der Waals surface area (Å²) in [6, 6.07) is 5.17. The van der Waals surface area contributed by atoms with Crippen LogP contribution in [-0.4, -0.2) is 65.3 Å². The molecule has 1 aliphatic carbocycles. The second-order valence-electron chi connectivity index (χ2n) is 10.6. The highest BCUT2D eigenvalue weighted by molar-refractivity contribution is 5.80. The third kappa shape index (κ3) is 8.45. The predicted octanol–water partition coefficient (Wildman–Crippen LogP) is 5.14. The summed E-state index contributed by atoms with van der Waals surface area (Å²) < 4.78 is 57.2. The summed E-state index contributed by atoms with van der Waals surface area (Å²) in [5.41, 5.74) is 0.737.